The van der Waals surface area contributed by atoms with Gasteiger partial charge in [-0.15, -0.1) is 0 Å². The lowest BCUT2D eigenvalue weighted by Gasteiger charge is -2.27. The number of para-hydroxylation sites is 2. The number of hydrogen-bond donors (Lipinski definition) is 1. The third kappa shape index (κ3) is 2.77. The Balaban J connectivity index is 1.92. The molecular weight excluding hydrogens is 262 g/mol. The van der Waals surface area contributed by atoms with Crippen molar-refractivity contribution in [1.29, 1.82) is 0 Å². The molecule has 2 aliphatic rings. The minimum absolute atomic E-state index is 0.101. The van der Waals surface area contributed by atoms with Crippen molar-refractivity contribution < 1.29 is 4.79 Å². The average molecular weight is 287 g/mol. The summed E-state index contributed by atoms with van der Waals surface area (Å²) in [4.78, 5) is 17.2. The second-order valence-electron chi connectivity index (χ2n) is 6.69. The van der Waals surface area contributed by atoms with Crippen molar-refractivity contribution in [3.8, 4) is 0 Å². The molecule has 1 aliphatic carbocycles. The molecule has 1 fully saturated rings. The molecule has 0 aromatic heterocycles. The van der Waals surface area contributed by atoms with E-state index in [2.05, 4.69) is 31.0 Å². The van der Waals surface area contributed by atoms with Crippen LogP contribution in [0.2, 0.25) is 0 Å². The molecule has 1 aromatic carbocycles. The van der Waals surface area contributed by atoms with Gasteiger partial charge in [-0.1, -0.05) is 19.1 Å². The lowest BCUT2D eigenvalue weighted by Crippen LogP contribution is -2.38. The molecule has 0 spiro atoms. The quantitative estimate of drug-likeness (QED) is 0.861. The zero-order valence-corrected chi connectivity index (χ0v) is 13.0. The number of amides is 1. The summed E-state index contributed by atoms with van der Waals surface area (Å²) in [6.45, 7) is 3.99. The third-order valence-corrected chi connectivity index (χ3v) is 4.75. The van der Waals surface area contributed by atoms with Crippen LogP contribution in [0, 0.1) is 11.8 Å². The Kier molecular flexibility index (Phi) is 3.89. The molecular formula is C17H25N3O. The lowest BCUT2D eigenvalue weighted by molar-refractivity contribution is -0.122. The van der Waals surface area contributed by atoms with Crippen LogP contribution in [-0.4, -0.2) is 32.1 Å². The fourth-order valence-corrected chi connectivity index (χ4v) is 3.72. The molecule has 2 N–H and O–H groups in total. The molecule has 21 heavy (non-hydrogen) atoms. The molecule has 1 aliphatic heterocycles. The van der Waals surface area contributed by atoms with Crippen molar-refractivity contribution in [1.82, 2.24) is 0 Å². The van der Waals surface area contributed by atoms with Crippen molar-refractivity contribution in [3.63, 3.8) is 0 Å². The van der Waals surface area contributed by atoms with Crippen LogP contribution in [0.25, 0.3) is 0 Å². The largest absolute Gasteiger partial charge is 0.373 e. The van der Waals surface area contributed by atoms with E-state index in [1.807, 2.05) is 17.0 Å². The van der Waals surface area contributed by atoms with Gasteiger partial charge < -0.3 is 15.5 Å². The smallest absolute Gasteiger partial charge is 0.230 e. The summed E-state index contributed by atoms with van der Waals surface area (Å²) in [5.74, 6) is 0.822. The summed E-state index contributed by atoms with van der Waals surface area (Å²) in [5, 5.41) is 0. The summed E-state index contributed by atoms with van der Waals surface area (Å²) >= 11 is 0. The molecule has 0 bridgehead atoms. The van der Waals surface area contributed by atoms with Crippen LogP contribution in [-0.2, 0) is 4.79 Å². The van der Waals surface area contributed by atoms with Crippen LogP contribution in [0.4, 0.5) is 11.4 Å². The lowest BCUT2D eigenvalue weighted by atomic mass is 10.0. The molecule has 1 heterocycles. The molecule has 1 aromatic rings. The van der Waals surface area contributed by atoms with E-state index in [1.54, 1.807) is 0 Å². The monoisotopic (exact) mass is 287 g/mol. The van der Waals surface area contributed by atoms with Crippen LogP contribution in [0.3, 0.4) is 0 Å². The Morgan fingerprint density at radius 1 is 1.19 bits per heavy atom. The zero-order chi connectivity index (χ0) is 15.0. The van der Waals surface area contributed by atoms with Gasteiger partial charge in [0, 0.05) is 32.1 Å². The van der Waals surface area contributed by atoms with Gasteiger partial charge in [0.05, 0.1) is 11.4 Å². The molecule has 0 radical (unpaired) electrons. The van der Waals surface area contributed by atoms with Crippen molar-refractivity contribution in [2.75, 3.05) is 29.9 Å². The number of nitrogens with zero attached hydrogens (tertiary/aromatic N) is 2. The van der Waals surface area contributed by atoms with Gasteiger partial charge in [0.1, 0.15) is 0 Å². The maximum absolute atomic E-state index is 13.0. The maximum atomic E-state index is 13.0. The second kappa shape index (κ2) is 5.68. The van der Waals surface area contributed by atoms with Gasteiger partial charge in [-0.25, -0.2) is 0 Å². The van der Waals surface area contributed by atoms with Crippen LogP contribution in [0.5, 0.6) is 0 Å². The minimum Gasteiger partial charge on any atom is -0.373 e. The van der Waals surface area contributed by atoms with E-state index in [1.165, 1.54) is 0 Å². The zero-order valence-electron chi connectivity index (χ0n) is 13.0. The van der Waals surface area contributed by atoms with Crippen molar-refractivity contribution in [2.24, 2.45) is 17.6 Å². The van der Waals surface area contributed by atoms with Crippen LogP contribution < -0.4 is 15.5 Å². The van der Waals surface area contributed by atoms with Gasteiger partial charge in [0.25, 0.3) is 0 Å². The summed E-state index contributed by atoms with van der Waals surface area (Å²) in [7, 11) is 2.11. The minimum atomic E-state index is 0.101. The van der Waals surface area contributed by atoms with Crippen LogP contribution in [0.1, 0.15) is 26.2 Å². The standard InChI is InChI=1S/C17H25N3O/c1-12-10-19(2)15-5-3-4-6-16(15)20(11-12)17(21)13-7-8-14(18)9-13/h3-6,12-14H,7-11,18H2,1-2H3/t12-,13+,14-/m1/s1. The molecule has 3 atom stereocenters. The number of carbonyl (C=O) groups is 1. The van der Waals surface area contributed by atoms with Crippen molar-refractivity contribution in [3.05, 3.63) is 24.3 Å². The van der Waals surface area contributed by atoms with E-state index in [0.717, 1.165) is 43.7 Å². The summed E-state index contributed by atoms with van der Waals surface area (Å²) in [6.07, 6.45) is 2.74. The van der Waals surface area contributed by atoms with Gasteiger partial charge >= 0.3 is 0 Å². The normalized spacial score (nSPS) is 29.2. The van der Waals surface area contributed by atoms with E-state index in [9.17, 15) is 4.79 Å². The highest BCUT2D eigenvalue weighted by molar-refractivity contribution is 5.98. The van der Waals surface area contributed by atoms with Crippen LogP contribution in [0.15, 0.2) is 24.3 Å². The first-order valence-electron chi connectivity index (χ1n) is 7.93. The van der Waals surface area contributed by atoms with E-state index < -0.39 is 0 Å². The second-order valence-corrected chi connectivity index (χ2v) is 6.69. The molecule has 3 rings (SSSR count). The van der Waals surface area contributed by atoms with Crippen LogP contribution >= 0.6 is 0 Å². The molecule has 4 heteroatoms. The Labute approximate surface area is 126 Å². The molecule has 1 saturated carbocycles. The maximum Gasteiger partial charge on any atom is 0.230 e. The van der Waals surface area contributed by atoms with E-state index >= 15 is 0 Å². The number of hydrogen-bond acceptors (Lipinski definition) is 3. The number of fused-ring (bicyclic) bond motifs is 1. The Morgan fingerprint density at radius 2 is 1.90 bits per heavy atom. The number of nitrogens with two attached hydrogens (primary N) is 1. The van der Waals surface area contributed by atoms with Gasteiger partial charge in [-0.2, -0.15) is 0 Å². The Hall–Kier alpha value is -1.55. The highest BCUT2D eigenvalue weighted by Crippen LogP contribution is 2.35. The SMILES string of the molecule is C[C@@H]1CN(C)c2ccccc2N(C(=O)[C@H]2CC[C@@H](N)C2)C1. The van der Waals surface area contributed by atoms with Gasteiger partial charge in [0.15, 0.2) is 0 Å². The van der Waals surface area contributed by atoms with E-state index in [-0.39, 0.29) is 17.9 Å². The Morgan fingerprint density at radius 3 is 2.57 bits per heavy atom. The van der Waals surface area contributed by atoms with E-state index in [4.69, 9.17) is 5.73 Å². The summed E-state index contributed by atoms with van der Waals surface area (Å²) in [5.41, 5.74) is 8.19. The molecule has 0 unspecified atom stereocenters. The summed E-state index contributed by atoms with van der Waals surface area (Å²) < 4.78 is 0. The Bertz CT molecular complexity index is 531. The van der Waals surface area contributed by atoms with Gasteiger partial charge in [-0.3, -0.25) is 4.79 Å². The highest BCUT2D eigenvalue weighted by Gasteiger charge is 2.34. The molecule has 0 saturated heterocycles. The molecule has 4 nitrogen and oxygen atoms in total. The predicted molar refractivity (Wildman–Crippen MR) is 86.5 cm³/mol. The number of rotatable bonds is 1. The van der Waals surface area contributed by atoms with Gasteiger partial charge in [-0.05, 0) is 37.3 Å². The predicted octanol–water partition coefficient (Wildman–Crippen LogP) is 2.23. The van der Waals surface area contributed by atoms with Gasteiger partial charge in [0.2, 0.25) is 5.91 Å². The molecule has 114 valence electrons. The first-order chi connectivity index (χ1) is 10.1. The van der Waals surface area contributed by atoms with E-state index in [0.29, 0.717) is 5.92 Å². The summed E-state index contributed by atoms with van der Waals surface area (Å²) in [6, 6.07) is 8.43. The third-order valence-electron chi connectivity index (χ3n) is 4.75. The van der Waals surface area contributed by atoms with Crippen molar-refractivity contribution >= 4 is 17.3 Å². The fourth-order valence-electron chi connectivity index (χ4n) is 3.72. The fraction of sp³-hybridized carbons (Fsp3) is 0.588. The number of anilines is 2. The first-order valence-corrected chi connectivity index (χ1v) is 7.93. The first kappa shape index (κ1) is 14.4. The topological polar surface area (TPSA) is 49.6 Å². The van der Waals surface area contributed by atoms with Crippen molar-refractivity contribution in [2.45, 2.75) is 32.2 Å². The highest BCUT2D eigenvalue weighted by atomic mass is 16.2. The average Bonchev–Trinajstić information content (AvgIpc) is 2.85. The number of carbonyl (C=O) groups excluding carboxylic acids is 1. The molecule has 1 amide bonds. The number of benzene rings is 1.